The van der Waals surface area contributed by atoms with Gasteiger partial charge in [-0.25, -0.2) is 0 Å². The molecule has 0 radical (unpaired) electrons. The van der Waals surface area contributed by atoms with Crippen LogP contribution in [0.1, 0.15) is 35.8 Å². The van der Waals surface area contributed by atoms with Crippen LogP contribution in [0.25, 0.3) is 0 Å². The Hall–Kier alpha value is -2.77. The van der Waals surface area contributed by atoms with Crippen LogP contribution in [0.15, 0.2) is 42.5 Å². The molecule has 0 bridgehead atoms. The van der Waals surface area contributed by atoms with Crippen molar-refractivity contribution in [2.45, 2.75) is 32.1 Å². The van der Waals surface area contributed by atoms with E-state index in [-0.39, 0.29) is 18.6 Å². The molecule has 0 saturated carbocycles. The largest absolute Gasteiger partial charge is 0.493 e. The Morgan fingerprint density at radius 3 is 2.60 bits per heavy atom. The van der Waals surface area contributed by atoms with Crippen LogP contribution in [0.5, 0.6) is 17.2 Å². The first-order valence-corrected chi connectivity index (χ1v) is 10.0. The summed E-state index contributed by atoms with van der Waals surface area (Å²) in [5, 5.41) is 9.92. The molecule has 1 amide bonds. The van der Waals surface area contributed by atoms with Crippen molar-refractivity contribution < 1.29 is 28.8 Å². The number of amides is 1. The van der Waals surface area contributed by atoms with Crippen LogP contribution in [-0.4, -0.2) is 62.1 Å². The van der Waals surface area contributed by atoms with Crippen LogP contribution in [0.3, 0.4) is 0 Å². The number of aliphatic hydroxyl groups is 1. The van der Waals surface area contributed by atoms with Gasteiger partial charge in [0.05, 0.1) is 39.6 Å². The quantitative estimate of drug-likeness (QED) is 0.749. The van der Waals surface area contributed by atoms with Crippen LogP contribution in [-0.2, 0) is 4.74 Å². The fourth-order valence-corrected chi connectivity index (χ4v) is 3.69. The second kappa shape index (κ2) is 9.82. The zero-order valence-electron chi connectivity index (χ0n) is 17.8. The Morgan fingerprint density at radius 1 is 1.17 bits per heavy atom. The summed E-state index contributed by atoms with van der Waals surface area (Å²) in [6, 6.07) is 12.2. The van der Waals surface area contributed by atoms with Gasteiger partial charge in [-0.2, -0.15) is 0 Å². The minimum Gasteiger partial charge on any atom is -0.493 e. The first-order valence-electron chi connectivity index (χ1n) is 10.0. The summed E-state index contributed by atoms with van der Waals surface area (Å²) < 4.78 is 22.3. The molecule has 30 heavy (non-hydrogen) atoms. The Morgan fingerprint density at radius 2 is 1.93 bits per heavy atom. The molecular formula is C23H29NO6. The molecule has 1 heterocycles. The van der Waals surface area contributed by atoms with Gasteiger partial charge in [-0.1, -0.05) is 12.1 Å². The van der Waals surface area contributed by atoms with Gasteiger partial charge >= 0.3 is 0 Å². The lowest BCUT2D eigenvalue weighted by atomic mass is 9.96. The summed E-state index contributed by atoms with van der Waals surface area (Å²) in [5.74, 6) is 1.64. The van der Waals surface area contributed by atoms with Crippen LogP contribution in [0.2, 0.25) is 0 Å². The van der Waals surface area contributed by atoms with E-state index in [0.717, 1.165) is 5.56 Å². The van der Waals surface area contributed by atoms with Crippen LogP contribution >= 0.6 is 0 Å². The van der Waals surface area contributed by atoms with Gasteiger partial charge in [-0.15, -0.1) is 0 Å². The highest BCUT2D eigenvalue weighted by molar-refractivity contribution is 5.95. The van der Waals surface area contributed by atoms with E-state index in [1.165, 1.54) is 0 Å². The van der Waals surface area contributed by atoms with Gasteiger partial charge in [0, 0.05) is 12.1 Å². The number of rotatable bonds is 7. The van der Waals surface area contributed by atoms with E-state index in [2.05, 4.69) is 0 Å². The zero-order valence-corrected chi connectivity index (χ0v) is 17.8. The van der Waals surface area contributed by atoms with Crippen molar-refractivity contribution in [2.75, 3.05) is 34.0 Å². The molecule has 0 unspecified atom stereocenters. The number of morpholine rings is 1. The van der Waals surface area contributed by atoms with E-state index in [0.29, 0.717) is 36.0 Å². The highest BCUT2D eigenvalue weighted by Crippen LogP contribution is 2.36. The molecule has 7 nitrogen and oxygen atoms in total. The molecule has 0 aromatic heterocycles. The second-order valence-electron chi connectivity index (χ2n) is 7.34. The molecule has 1 N–H and O–H groups in total. The molecule has 2 aromatic carbocycles. The third-order valence-corrected chi connectivity index (χ3v) is 4.99. The molecule has 1 aliphatic rings. The first kappa shape index (κ1) is 21.9. The highest BCUT2D eigenvalue weighted by atomic mass is 16.5. The van der Waals surface area contributed by atoms with Gasteiger partial charge in [0.15, 0.2) is 11.5 Å². The molecule has 2 atom stereocenters. The smallest absolute Gasteiger partial charge is 0.254 e. The average molecular weight is 415 g/mol. The van der Waals surface area contributed by atoms with E-state index in [4.69, 9.17) is 18.9 Å². The summed E-state index contributed by atoms with van der Waals surface area (Å²) in [6.45, 7) is 4.43. The maximum absolute atomic E-state index is 13.4. The van der Waals surface area contributed by atoms with Crippen LogP contribution in [0.4, 0.5) is 0 Å². The Balaban J connectivity index is 1.96. The molecule has 162 valence electrons. The van der Waals surface area contributed by atoms with Crippen molar-refractivity contribution in [3.63, 3.8) is 0 Å². The molecule has 1 fully saturated rings. The number of benzene rings is 2. The fraction of sp³-hybridized carbons (Fsp3) is 0.435. The van der Waals surface area contributed by atoms with Crippen molar-refractivity contribution in [1.29, 1.82) is 0 Å². The molecule has 0 spiro atoms. The summed E-state index contributed by atoms with van der Waals surface area (Å²) in [7, 11) is 3.13. The lowest BCUT2D eigenvalue weighted by Crippen LogP contribution is -2.49. The maximum Gasteiger partial charge on any atom is 0.254 e. The van der Waals surface area contributed by atoms with Crippen molar-refractivity contribution in [2.24, 2.45) is 0 Å². The summed E-state index contributed by atoms with van der Waals surface area (Å²) in [4.78, 5) is 15.2. The Kier molecular flexibility index (Phi) is 7.18. The van der Waals surface area contributed by atoms with E-state index >= 15 is 0 Å². The van der Waals surface area contributed by atoms with Crippen molar-refractivity contribution in [3.05, 3.63) is 53.6 Å². The molecule has 2 aromatic rings. The minimum absolute atomic E-state index is 0.0111. The third kappa shape index (κ3) is 4.68. The average Bonchev–Trinajstić information content (AvgIpc) is 2.77. The normalized spacial score (nSPS) is 18.9. The van der Waals surface area contributed by atoms with Crippen molar-refractivity contribution in [3.8, 4) is 17.2 Å². The summed E-state index contributed by atoms with van der Waals surface area (Å²) in [6.07, 6.45) is -0.534. The fourth-order valence-electron chi connectivity index (χ4n) is 3.69. The molecular weight excluding hydrogens is 386 g/mol. The number of carbonyl (C=O) groups is 1. The van der Waals surface area contributed by atoms with Gasteiger partial charge in [-0.3, -0.25) is 4.79 Å². The predicted octanol–water partition coefficient (Wildman–Crippen LogP) is 3.07. The SMILES string of the molecule is COc1ccc([C@@H]2[C@@H](CO)OCCN2C(=O)c2cccc(OC(C)C)c2)cc1OC. The Bertz CT molecular complexity index is 869. The van der Waals surface area contributed by atoms with Gasteiger partial charge < -0.3 is 29.0 Å². The van der Waals surface area contributed by atoms with Crippen molar-refractivity contribution in [1.82, 2.24) is 4.90 Å². The number of nitrogens with zero attached hydrogens (tertiary/aromatic N) is 1. The Labute approximate surface area is 177 Å². The number of aliphatic hydroxyl groups excluding tert-OH is 1. The number of hydrogen-bond donors (Lipinski definition) is 1. The zero-order chi connectivity index (χ0) is 21.7. The topological polar surface area (TPSA) is 77.5 Å². The van der Waals surface area contributed by atoms with Crippen LogP contribution < -0.4 is 14.2 Å². The number of methoxy groups -OCH3 is 2. The van der Waals surface area contributed by atoms with E-state index < -0.39 is 12.1 Å². The monoisotopic (exact) mass is 415 g/mol. The number of hydrogen-bond acceptors (Lipinski definition) is 6. The molecule has 3 rings (SSSR count). The number of ether oxygens (including phenoxy) is 4. The standard InChI is InChI=1S/C23H29NO6/c1-15(2)30-18-7-5-6-17(12-18)23(26)24-10-11-29-21(14-25)22(24)16-8-9-19(27-3)20(13-16)28-4/h5-9,12-13,15,21-22,25H,10-11,14H2,1-4H3/t21-,22-/m1/s1. The predicted molar refractivity (Wildman–Crippen MR) is 112 cm³/mol. The lowest BCUT2D eigenvalue weighted by molar-refractivity contribution is -0.0811. The van der Waals surface area contributed by atoms with Crippen molar-refractivity contribution >= 4 is 5.91 Å². The van der Waals surface area contributed by atoms with E-state index in [1.807, 2.05) is 32.0 Å². The van der Waals surface area contributed by atoms with Gasteiger partial charge in [0.1, 0.15) is 11.9 Å². The summed E-state index contributed by atoms with van der Waals surface area (Å²) in [5.41, 5.74) is 1.33. The van der Waals surface area contributed by atoms with E-state index in [9.17, 15) is 9.90 Å². The molecule has 0 aliphatic carbocycles. The third-order valence-electron chi connectivity index (χ3n) is 4.99. The second-order valence-corrected chi connectivity index (χ2v) is 7.34. The molecule has 1 aliphatic heterocycles. The molecule has 1 saturated heterocycles. The first-order chi connectivity index (χ1) is 14.5. The highest BCUT2D eigenvalue weighted by Gasteiger charge is 2.37. The van der Waals surface area contributed by atoms with Crippen LogP contribution in [0, 0.1) is 0 Å². The summed E-state index contributed by atoms with van der Waals surface area (Å²) >= 11 is 0. The van der Waals surface area contributed by atoms with Gasteiger partial charge in [0.2, 0.25) is 0 Å². The van der Waals surface area contributed by atoms with E-state index in [1.54, 1.807) is 43.4 Å². The van der Waals surface area contributed by atoms with Gasteiger partial charge in [-0.05, 0) is 49.7 Å². The lowest BCUT2D eigenvalue weighted by Gasteiger charge is -2.41. The molecule has 7 heteroatoms. The maximum atomic E-state index is 13.4. The number of carbonyl (C=O) groups excluding carboxylic acids is 1. The minimum atomic E-state index is -0.545. The van der Waals surface area contributed by atoms with Gasteiger partial charge in [0.25, 0.3) is 5.91 Å².